The second-order valence-corrected chi connectivity index (χ2v) is 4.36. The normalized spacial score (nSPS) is 11.9. The molecule has 4 heteroatoms. The van der Waals surface area contributed by atoms with E-state index in [1.807, 2.05) is 25.1 Å². The Bertz CT molecular complexity index is 404. The topological polar surface area (TPSA) is 58.6 Å². The van der Waals surface area contributed by atoms with Gasteiger partial charge in [-0.25, -0.2) is 4.79 Å². The Morgan fingerprint density at radius 1 is 1.50 bits per heavy atom. The van der Waals surface area contributed by atoms with Crippen molar-refractivity contribution in [3.8, 4) is 5.75 Å². The number of unbranched alkanes of at least 4 members (excludes halogenated alkanes) is 1. The number of rotatable bonds is 7. The van der Waals surface area contributed by atoms with Crippen molar-refractivity contribution in [1.29, 1.82) is 0 Å². The second-order valence-electron chi connectivity index (χ2n) is 4.36. The molecule has 2 N–H and O–H groups in total. The van der Waals surface area contributed by atoms with Crippen LogP contribution in [0.2, 0.25) is 0 Å². The van der Waals surface area contributed by atoms with Crippen LogP contribution in [0.25, 0.3) is 0 Å². The maximum atomic E-state index is 11.1. The molecule has 0 amide bonds. The molecule has 0 fully saturated rings. The monoisotopic (exact) mass is 251 g/mol. The van der Waals surface area contributed by atoms with E-state index < -0.39 is 12.0 Å². The largest absolute Gasteiger partial charge is 0.496 e. The molecule has 100 valence electrons. The molecular weight excluding hydrogens is 230 g/mol. The summed E-state index contributed by atoms with van der Waals surface area (Å²) in [5.74, 6) is -0.00194. The summed E-state index contributed by atoms with van der Waals surface area (Å²) in [5.41, 5.74) is 1.80. The standard InChI is InChI=1S/C14H21NO3/c1-4-5-6-12(14(16)17)15-11-7-8-13(18-3)10(2)9-11/h7-9,12,15H,4-6H2,1-3H3,(H,16,17). The molecule has 0 radical (unpaired) electrons. The molecule has 1 unspecified atom stereocenters. The van der Waals surface area contributed by atoms with Crippen LogP contribution in [-0.4, -0.2) is 24.2 Å². The Kier molecular flexibility index (Phi) is 5.49. The number of carboxylic acids is 1. The van der Waals surface area contributed by atoms with E-state index in [4.69, 9.17) is 9.84 Å². The predicted octanol–water partition coefficient (Wildman–Crippen LogP) is 3.06. The molecule has 0 aliphatic heterocycles. The maximum Gasteiger partial charge on any atom is 0.326 e. The van der Waals surface area contributed by atoms with E-state index in [0.29, 0.717) is 6.42 Å². The Morgan fingerprint density at radius 2 is 2.22 bits per heavy atom. The Morgan fingerprint density at radius 3 is 2.72 bits per heavy atom. The molecule has 18 heavy (non-hydrogen) atoms. The molecule has 0 bridgehead atoms. The number of ether oxygens (including phenoxy) is 1. The number of carbonyl (C=O) groups is 1. The fraction of sp³-hybridized carbons (Fsp3) is 0.500. The van der Waals surface area contributed by atoms with Crippen LogP contribution >= 0.6 is 0 Å². The average Bonchev–Trinajstić information content (AvgIpc) is 2.34. The van der Waals surface area contributed by atoms with Crippen LogP contribution in [0.1, 0.15) is 31.7 Å². The molecule has 0 aromatic heterocycles. The van der Waals surface area contributed by atoms with E-state index in [1.54, 1.807) is 7.11 Å². The van der Waals surface area contributed by atoms with Crippen molar-refractivity contribution < 1.29 is 14.6 Å². The van der Waals surface area contributed by atoms with Crippen LogP contribution in [0.5, 0.6) is 5.75 Å². The molecule has 1 atom stereocenters. The van der Waals surface area contributed by atoms with E-state index in [2.05, 4.69) is 12.2 Å². The zero-order valence-electron chi connectivity index (χ0n) is 11.2. The minimum atomic E-state index is -0.808. The first-order chi connectivity index (χ1) is 8.58. The number of methoxy groups -OCH3 is 1. The summed E-state index contributed by atoms with van der Waals surface area (Å²) < 4.78 is 5.17. The van der Waals surface area contributed by atoms with E-state index >= 15 is 0 Å². The number of hydrogen-bond donors (Lipinski definition) is 2. The van der Waals surface area contributed by atoms with Crippen molar-refractivity contribution in [2.45, 2.75) is 39.2 Å². The zero-order chi connectivity index (χ0) is 13.5. The summed E-state index contributed by atoms with van der Waals surface area (Å²) in [6.45, 7) is 3.99. The predicted molar refractivity (Wildman–Crippen MR) is 72.3 cm³/mol. The number of carboxylic acid groups (broad SMARTS) is 1. The molecule has 0 spiro atoms. The Hall–Kier alpha value is -1.71. The van der Waals surface area contributed by atoms with Crippen LogP contribution in [-0.2, 0) is 4.79 Å². The van der Waals surface area contributed by atoms with Gasteiger partial charge in [0.1, 0.15) is 11.8 Å². The van der Waals surface area contributed by atoms with E-state index in [9.17, 15) is 4.79 Å². The lowest BCUT2D eigenvalue weighted by atomic mass is 10.1. The van der Waals surface area contributed by atoms with Gasteiger partial charge in [0.2, 0.25) is 0 Å². The van der Waals surface area contributed by atoms with Crippen LogP contribution in [0, 0.1) is 6.92 Å². The van der Waals surface area contributed by atoms with Crippen molar-refractivity contribution in [2.24, 2.45) is 0 Å². The summed E-state index contributed by atoms with van der Waals surface area (Å²) >= 11 is 0. The summed E-state index contributed by atoms with van der Waals surface area (Å²) in [7, 11) is 1.62. The molecule has 0 saturated heterocycles. The number of aryl methyl sites for hydroxylation is 1. The summed E-state index contributed by atoms with van der Waals surface area (Å²) in [6.07, 6.45) is 2.53. The SMILES string of the molecule is CCCCC(Nc1ccc(OC)c(C)c1)C(=O)O. The van der Waals surface area contributed by atoms with E-state index in [-0.39, 0.29) is 0 Å². The fourth-order valence-corrected chi connectivity index (χ4v) is 1.84. The molecular formula is C14H21NO3. The van der Waals surface area contributed by atoms with Gasteiger partial charge >= 0.3 is 5.97 Å². The van der Waals surface area contributed by atoms with Crippen LogP contribution in [0.3, 0.4) is 0 Å². The molecule has 0 aliphatic rings. The van der Waals surface area contributed by atoms with Crippen LogP contribution in [0.15, 0.2) is 18.2 Å². The third-order valence-electron chi connectivity index (χ3n) is 2.88. The third-order valence-corrected chi connectivity index (χ3v) is 2.88. The van der Waals surface area contributed by atoms with E-state index in [1.165, 1.54) is 0 Å². The lowest BCUT2D eigenvalue weighted by Crippen LogP contribution is -2.29. The lowest BCUT2D eigenvalue weighted by molar-refractivity contribution is -0.138. The molecule has 0 aliphatic carbocycles. The highest BCUT2D eigenvalue weighted by Crippen LogP contribution is 2.22. The van der Waals surface area contributed by atoms with Crippen molar-refractivity contribution in [3.63, 3.8) is 0 Å². The van der Waals surface area contributed by atoms with Gasteiger partial charge in [0.15, 0.2) is 0 Å². The van der Waals surface area contributed by atoms with Gasteiger partial charge < -0.3 is 15.2 Å². The minimum absolute atomic E-state index is 0.530. The minimum Gasteiger partial charge on any atom is -0.496 e. The van der Waals surface area contributed by atoms with Crippen molar-refractivity contribution in [2.75, 3.05) is 12.4 Å². The van der Waals surface area contributed by atoms with Crippen molar-refractivity contribution >= 4 is 11.7 Å². The summed E-state index contributed by atoms with van der Waals surface area (Å²) in [4.78, 5) is 11.1. The van der Waals surface area contributed by atoms with Gasteiger partial charge in [-0.05, 0) is 37.1 Å². The molecule has 1 rings (SSSR count). The summed E-state index contributed by atoms with van der Waals surface area (Å²) in [5, 5.41) is 12.2. The van der Waals surface area contributed by atoms with Crippen molar-refractivity contribution in [1.82, 2.24) is 0 Å². The number of hydrogen-bond acceptors (Lipinski definition) is 3. The van der Waals surface area contributed by atoms with Gasteiger partial charge in [0.05, 0.1) is 7.11 Å². The quantitative estimate of drug-likeness (QED) is 0.782. The highest BCUT2D eigenvalue weighted by molar-refractivity contribution is 5.77. The Labute approximate surface area is 108 Å². The summed E-state index contributed by atoms with van der Waals surface area (Å²) in [6, 6.07) is 5.06. The number of anilines is 1. The highest BCUT2D eigenvalue weighted by atomic mass is 16.5. The van der Waals surface area contributed by atoms with Crippen LogP contribution in [0.4, 0.5) is 5.69 Å². The maximum absolute atomic E-state index is 11.1. The van der Waals surface area contributed by atoms with Gasteiger partial charge in [-0.3, -0.25) is 0 Å². The molecule has 1 aromatic rings. The average molecular weight is 251 g/mol. The van der Waals surface area contributed by atoms with Crippen LogP contribution < -0.4 is 10.1 Å². The van der Waals surface area contributed by atoms with Gasteiger partial charge in [0, 0.05) is 5.69 Å². The highest BCUT2D eigenvalue weighted by Gasteiger charge is 2.16. The number of aliphatic carboxylic acids is 1. The third kappa shape index (κ3) is 3.95. The Balaban J connectivity index is 2.74. The fourth-order valence-electron chi connectivity index (χ4n) is 1.84. The number of nitrogens with one attached hydrogen (secondary N) is 1. The first-order valence-electron chi connectivity index (χ1n) is 6.22. The van der Waals surface area contributed by atoms with Gasteiger partial charge in [-0.1, -0.05) is 19.8 Å². The molecule has 0 heterocycles. The second kappa shape index (κ2) is 6.89. The molecule has 1 aromatic carbocycles. The van der Waals surface area contributed by atoms with Crippen molar-refractivity contribution in [3.05, 3.63) is 23.8 Å². The van der Waals surface area contributed by atoms with E-state index in [0.717, 1.165) is 29.8 Å². The smallest absolute Gasteiger partial charge is 0.326 e. The van der Waals surface area contributed by atoms with Gasteiger partial charge in [-0.15, -0.1) is 0 Å². The van der Waals surface area contributed by atoms with Gasteiger partial charge in [0.25, 0.3) is 0 Å². The zero-order valence-corrected chi connectivity index (χ0v) is 11.2. The number of benzene rings is 1. The molecule has 4 nitrogen and oxygen atoms in total. The molecule has 0 saturated carbocycles. The van der Waals surface area contributed by atoms with Gasteiger partial charge in [-0.2, -0.15) is 0 Å². The first kappa shape index (κ1) is 14.4. The lowest BCUT2D eigenvalue weighted by Gasteiger charge is -2.16. The first-order valence-corrected chi connectivity index (χ1v) is 6.22.